The smallest absolute Gasteiger partial charge is 0.193 e. The normalized spacial score (nSPS) is 22.0. The van der Waals surface area contributed by atoms with Gasteiger partial charge in [-0.3, -0.25) is 9.89 Å². The summed E-state index contributed by atoms with van der Waals surface area (Å²) in [4.78, 5) is 10.2. The highest BCUT2D eigenvalue weighted by atomic mass is 127. The Labute approximate surface area is 196 Å². The molecule has 0 aromatic heterocycles. The molecule has 7 heteroatoms. The van der Waals surface area contributed by atoms with Crippen LogP contribution in [0.25, 0.3) is 0 Å². The number of hydrogen-bond donors (Lipinski definition) is 1. The Hall–Kier alpha value is -0.120. The fourth-order valence-electron chi connectivity index (χ4n) is 4.28. The van der Waals surface area contributed by atoms with Crippen LogP contribution < -0.4 is 5.32 Å². The van der Waals surface area contributed by atoms with Gasteiger partial charge in [-0.15, -0.1) is 24.0 Å². The highest BCUT2D eigenvalue weighted by molar-refractivity contribution is 14.0. The molecule has 172 valence electrons. The molecule has 2 heterocycles. The maximum Gasteiger partial charge on any atom is 0.193 e. The van der Waals surface area contributed by atoms with Gasteiger partial charge in [-0.05, 0) is 51.5 Å². The number of rotatable bonds is 10. The summed E-state index contributed by atoms with van der Waals surface area (Å²) in [6.07, 6.45) is 7.50. The van der Waals surface area contributed by atoms with E-state index in [2.05, 4.69) is 35.9 Å². The number of aliphatic imine (C=N–C) groups is 1. The molecule has 0 radical (unpaired) electrons. The molecule has 2 aliphatic rings. The number of likely N-dealkylation sites (tertiary alicyclic amines) is 2. The summed E-state index contributed by atoms with van der Waals surface area (Å²) in [6, 6.07) is 0.603. The predicted octanol–water partition coefficient (Wildman–Crippen LogP) is 3.60. The molecular formula is C22H45IN4O2. The summed E-state index contributed by atoms with van der Waals surface area (Å²) >= 11 is 0. The van der Waals surface area contributed by atoms with Crippen molar-refractivity contribution in [3.8, 4) is 0 Å². The van der Waals surface area contributed by atoms with Gasteiger partial charge in [0.15, 0.2) is 5.96 Å². The van der Waals surface area contributed by atoms with Gasteiger partial charge < -0.3 is 19.7 Å². The zero-order valence-electron chi connectivity index (χ0n) is 19.2. The Morgan fingerprint density at radius 3 is 2.52 bits per heavy atom. The number of methoxy groups -OCH3 is 1. The minimum absolute atomic E-state index is 0. The molecule has 1 atom stereocenters. The third kappa shape index (κ3) is 10.2. The van der Waals surface area contributed by atoms with Gasteiger partial charge >= 0.3 is 0 Å². The van der Waals surface area contributed by atoms with E-state index in [0.717, 1.165) is 70.5 Å². The molecule has 0 amide bonds. The second kappa shape index (κ2) is 15.6. The van der Waals surface area contributed by atoms with Gasteiger partial charge in [0.1, 0.15) is 0 Å². The number of piperidine rings is 2. The lowest BCUT2D eigenvalue weighted by Gasteiger charge is -2.37. The van der Waals surface area contributed by atoms with Gasteiger partial charge in [0.25, 0.3) is 0 Å². The molecule has 2 fully saturated rings. The molecule has 2 aliphatic heterocycles. The molecule has 2 saturated heterocycles. The molecule has 1 unspecified atom stereocenters. The number of guanidine groups is 1. The zero-order valence-corrected chi connectivity index (χ0v) is 21.5. The molecule has 0 aliphatic carbocycles. The SMILES string of the molecule is CCNC(=NCC1CCCCN1CC(C)C)N1CCC(OCCCOC)CC1.I. The molecule has 2 rings (SSSR count). The number of ether oxygens (including phenoxy) is 2. The highest BCUT2D eigenvalue weighted by Crippen LogP contribution is 2.19. The van der Waals surface area contributed by atoms with Crippen molar-refractivity contribution in [3.05, 3.63) is 0 Å². The number of nitrogens with zero attached hydrogens (tertiary/aromatic N) is 3. The van der Waals surface area contributed by atoms with E-state index >= 15 is 0 Å². The van der Waals surface area contributed by atoms with Crippen molar-refractivity contribution in [3.63, 3.8) is 0 Å². The van der Waals surface area contributed by atoms with Crippen molar-refractivity contribution >= 4 is 29.9 Å². The first-order valence-electron chi connectivity index (χ1n) is 11.5. The molecular weight excluding hydrogens is 479 g/mol. The Kier molecular flexibility index (Phi) is 14.5. The molecule has 0 saturated carbocycles. The quantitative estimate of drug-likeness (QED) is 0.205. The standard InChI is InChI=1S/C22H44N4O2.HI/c1-5-23-22(24-17-20-9-6-7-12-26(20)18-19(2)3)25-13-10-21(11-14-25)28-16-8-15-27-4;/h19-21H,5-18H2,1-4H3,(H,23,24);1H. The Bertz CT molecular complexity index is 443. The molecule has 0 spiro atoms. The molecule has 0 aromatic rings. The number of nitrogens with one attached hydrogen (secondary N) is 1. The van der Waals surface area contributed by atoms with Gasteiger partial charge in [0.05, 0.1) is 12.6 Å². The van der Waals surface area contributed by atoms with Gasteiger partial charge in [0.2, 0.25) is 0 Å². The van der Waals surface area contributed by atoms with Crippen LogP contribution in [0.4, 0.5) is 0 Å². The monoisotopic (exact) mass is 524 g/mol. The molecule has 6 nitrogen and oxygen atoms in total. The molecule has 29 heavy (non-hydrogen) atoms. The summed E-state index contributed by atoms with van der Waals surface area (Å²) in [5, 5.41) is 3.52. The average molecular weight is 525 g/mol. The maximum atomic E-state index is 6.01. The minimum atomic E-state index is 0. The second-order valence-corrected chi connectivity index (χ2v) is 8.64. The van der Waals surface area contributed by atoms with Crippen LogP contribution in [0.2, 0.25) is 0 Å². The lowest BCUT2D eigenvalue weighted by molar-refractivity contribution is 0.00987. The van der Waals surface area contributed by atoms with Crippen LogP contribution >= 0.6 is 24.0 Å². The Morgan fingerprint density at radius 2 is 1.86 bits per heavy atom. The lowest BCUT2D eigenvalue weighted by Crippen LogP contribution is -2.48. The largest absolute Gasteiger partial charge is 0.385 e. The van der Waals surface area contributed by atoms with E-state index in [0.29, 0.717) is 12.1 Å². The van der Waals surface area contributed by atoms with Gasteiger partial charge in [0, 0.05) is 52.5 Å². The third-order valence-electron chi connectivity index (χ3n) is 5.72. The van der Waals surface area contributed by atoms with E-state index in [-0.39, 0.29) is 24.0 Å². The fraction of sp³-hybridized carbons (Fsp3) is 0.955. The van der Waals surface area contributed by atoms with Crippen LogP contribution in [0, 0.1) is 5.92 Å². The first-order valence-corrected chi connectivity index (χ1v) is 11.5. The minimum Gasteiger partial charge on any atom is -0.385 e. The average Bonchev–Trinajstić information content (AvgIpc) is 2.70. The summed E-state index contributed by atoms with van der Waals surface area (Å²) in [5.41, 5.74) is 0. The van der Waals surface area contributed by atoms with E-state index in [1.54, 1.807) is 7.11 Å². The van der Waals surface area contributed by atoms with Crippen molar-refractivity contribution in [1.29, 1.82) is 0 Å². The summed E-state index contributed by atoms with van der Waals surface area (Å²) < 4.78 is 11.1. The lowest BCUT2D eigenvalue weighted by atomic mass is 10.0. The fourth-order valence-corrected chi connectivity index (χ4v) is 4.28. The van der Waals surface area contributed by atoms with E-state index in [4.69, 9.17) is 14.5 Å². The summed E-state index contributed by atoms with van der Waals surface area (Å²) in [7, 11) is 1.75. The Balaban J connectivity index is 0.00000420. The van der Waals surface area contributed by atoms with Crippen molar-refractivity contribution in [2.24, 2.45) is 10.9 Å². The summed E-state index contributed by atoms with van der Waals surface area (Å²) in [6.45, 7) is 14.7. The summed E-state index contributed by atoms with van der Waals surface area (Å²) in [5.74, 6) is 1.82. The predicted molar refractivity (Wildman–Crippen MR) is 132 cm³/mol. The van der Waals surface area contributed by atoms with Crippen molar-refractivity contribution in [1.82, 2.24) is 15.1 Å². The van der Waals surface area contributed by atoms with E-state index in [1.165, 1.54) is 32.4 Å². The first-order chi connectivity index (χ1) is 13.6. The zero-order chi connectivity index (χ0) is 20.2. The highest BCUT2D eigenvalue weighted by Gasteiger charge is 2.25. The van der Waals surface area contributed by atoms with Crippen LogP contribution in [0.15, 0.2) is 4.99 Å². The van der Waals surface area contributed by atoms with Crippen molar-refractivity contribution in [2.75, 3.05) is 59.6 Å². The first kappa shape index (κ1) is 26.9. The van der Waals surface area contributed by atoms with Crippen LogP contribution in [0.3, 0.4) is 0 Å². The number of hydrogen-bond acceptors (Lipinski definition) is 4. The van der Waals surface area contributed by atoms with E-state index in [9.17, 15) is 0 Å². The van der Waals surface area contributed by atoms with Crippen LogP contribution in [0.1, 0.15) is 59.3 Å². The maximum absolute atomic E-state index is 6.01. The van der Waals surface area contributed by atoms with Crippen LogP contribution in [-0.4, -0.2) is 87.5 Å². The van der Waals surface area contributed by atoms with Gasteiger partial charge in [-0.25, -0.2) is 0 Å². The molecule has 0 bridgehead atoms. The van der Waals surface area contributed by atoms with Crippen molar-refractivity contribution in [2.45, 2.75) is 71.4 Å². The van der Waals surface area contributed by atoms with E-state index in [1.807, 2.05) is 0 Å². The van der Waals surface area contributed by atoms with Crippen molar-refractivity contribution < 1.29 is 9.47 Å². The molecule has 1 N–H and O–H groups in total. The van der Waals surface area contributed by atoms with Gasteiger partial charge in [-0.2, -0.15) is 0 Å². The topological polar surface area (TPSA) is 49.3 Å². The van der Waals surface area contributed by atoms with Crippen LogP contribution in [0.5, 0.6) is 0 Å². The van der Waals surface area contributed by atoms with E-state index < -0.39 is 0 Å². The molecule has 0 aromatic carbocycles. The third-order valence-corrected chi connectivity index (χ3v) is 5.72. The van der Waals surface area contributed by atoms with Gasteiger partial charge in [-0.1, -0.05) is 20.3 Å². The second-order valence-electron chi connectivity index (χ2n) is 8.64. The Morgan fingerprint density at radius 1 is 1.10 bits per heavy atom. The number of halogens is 1. The van der Waals surface area contributed by atoms with Crippen LogP contribution in [-0.2, 0) is 9.47 Å².